The molecule has 15 heavy (non-hydrogen) atoms. The lowest BCUT2D eigenvalue weighted by Gasteiger charge is -2.02. The van der Waals surface area contributed by atoms with Gasteiger partial charge >= 0.3 is 0 Å². The Kier molecular flexibility index (Phi) is 5.15. The summed E-state index contributed by atoms with van der Waals surface area (Å²) in [6.45, 7) is 0. The SMILES string of the molecule is CSC(=Nc1ccc(Br)cc1Br)NC#N. The number of hydrogen-bond acceptors (Lipinski definition) is 3. The molecule has 1 aromatic carbocycles. The molecular formula is C9H7Br2N3S. The number of nitrogens with one attached hydrogen (secondary N) is 1. The smallest absolute Gasteiger partial charge is 0.183 e. The number of thioether (sulfide) groups is 1. The van der Waals surface area contributed by atoms with E-state index in [1.54, 1.807) is 0 Å². The Balaban J connectivity index is 3.01. The van der Waals surface area contributed by atoms with E-state index >= 15 is 0 Å². The number of rotatable bonds is 1. The Morgan fingerprint density at radius 3 is 2.80 bits per heavy atom. The molecule has 0 radical (unpaired) electrons. The number of hydrogen-bond donors (Lipinski definition) is 1. The Bertz CT molecular complexity index is 426. The maximum absolute atomic E-state index is 8.48. The molecule has 0 fully saturated rings. The van der Waals surface area contributed by atoms with Crippen LogP contribution >= 0.6 is 43.6 Å². The van der Waals surface area contributed by atoms with E-state index in [9.17, 15) is 0 Å². The van der Waals surface area contributed by atoms with E-state index in [0.29, 0.717) is 5.17 Å². The third-order valence-corrected chi connectivity index (χ3v) is 3.20. The van der Waals surface area contributed by atoms with Crippen LogP contribution in [0.25, 0.3) is 0 Å². The predicted molar refractivity (Wildman–Crippen MR) is 71.2 cm³/mol. The molecule has 0 aliphatic carbocycles. The standard InChI is InChI=1S/C9H7Br2N3S/c1-15-9(13-5-12)14-8-3-2-6(10)4-7(8)11/h2-4H,1H3,(H,13,14). The normalized spacial score (nSPS) is 10.9. The first-order chi connectivity index (χ1) is 7.17. The highest BCUT2D eigenvalue weighted by Gasteiger charge is 2.01. The zero-order valence-electron chi connectivity index (χ0n) is 7.79. The van der Waals surface area contributed by atoms with Gasteiger partial charge in [0, 0.05) is 8.95 Å². The minimum absolute atomic E-state index is 0.570. The molecule has 3 nitrogen and oxygen atoms in total. The molecule has 0 aliphatic heterocycles. The van der Waals surface area contributed by atoms with Crippen molar-refractivity contribution in [2.24, 2.45) is 4.99 Å². The van der Waals surface area contributed by atoms with Crippen LogP contribution < -0.4 is 5.32 Å². The molecule has 1 N–H and O–H groups in total. The molecule has 0 aliphatic rings. The lowest BCUT2D eigenvalue weighted by atomic mass is 10.3. The van der Waals surface area contributed by atoms with Gasteiger partial charge in [-0.25, -0.2) is 4.99 Å². The maximum atomic E-state index is 8.48. The van der Waals surface area contributed by atoms with Crippen LogP contribution in [0.5, 0.6) is 0 Å². The fourth-order valence-electron chi connectivity index (χ4n) is 0.854. The molecule has 0 heterocycles. The predicted octanol–water partition coefficient (Wildman–Crippen LogP) is 3.63. The number of halogens is 2. The topological polar surface area (TPSA) is 48.2 Å². The first-order valence-corrected chi connectivity index (χ1v) is 6.71. The number of nitriles is 1. The van der Waals surface area contributed by atoms with Crippen LogP contribution in [-0.4, -0.2) is 11.4 Å². The van der Waals surface area contributed by atoms with E-state index in [0.717, 1.165) is 14.6 Å². The first-order valence-electron chi connectivity index (χ1n) is 3.90. The molecular weight excluding hydrogens is 342 g/mol. The van der Waals surface area contributed by atoms with Crippen LogP contribution in [0.1, 0.15) is 0 Å². The summed E-state index contributed by atoms with van der Waals surface area (Å²) in [7, 11) is 0. The molecule has 1 aromatic rings. The van der Waals surface area contributed by atoms with Crippen LogP contribution in [0.4, 0.5) is 5.69 Å². The molecule has 0 amide bonds. The zero-order valence-corrected chi connectivity index (χ0v) is 11.8. The van der Waals surface area contributed by atoms with E-state index < -0.39 is 0 Å². The highest BCUT2D eigenvalue weighted by atomic mass is 79.9. The summed E-state index contributed by atoms with van der Waals surface area (Å²) in [4.78, 5) is 4.29. The van der Waals surface area contributed by atoms with Crippen LogP contribution in [0.3, 0.4) is 0 Å². The monoisotopic (exact) mass is 347 g/mol. The Hall–Kier alpha value is -0.510. The molecule has 0 aromatic heterocycles. The van der Waals surface area contributed by atoms with Crippen molar-refractivity contribution in [3.05, 3.63) is 27.1 Å². The summed E-state index contributed by atoms with van der Waals surface area (Å²) < 4.78 is 1.86. The summed E-state index contributed by atoms with van der Waals surface area (Å²) in [5, 5.41) is 11.6. The average Bonchev–Trinajstić information content (AvgIpc) is 2.21. The van der Waals surface area contributed by atoms with Crippen molar-refractivity contribution in [2.75, 3.05) is 6.26 Å². The summed E-state index contributed by atoms with van der Waals surface area (Å²) >= 11 is 8.14. The fourth-order valence-corrected chi connectivity index (χ4v) is 2.33. The molecule has 0 bridgehead atoms. The van der Waals surface area contributed by atoms with Gasteiger partial charge in [-0.05, 0) is 40.4 Å². The van der Waals surface area contributed by atoms with Crippen molar-refractivity contribution in [1.29, 1.82) is 5.26 Å². The van der Waals surface area contributed by atoms with Crippen molar-refractivity contribution in [3.8, 4) is 6.19 Å². The van der Waals surface area contributed by atoms with Crippen LogP contribution in [-0.2, 0) is 0 Å². The molecule has 0 spiro atoms. The van der Waals surface area contributed by atoms with Gasteiger partial charge in [-0.2, -0.15) is 5.26 Å². The second kappa shape index (κ2) is 6.16. The quantitative estimate of drug-likeness (QED) is 0.365. The van der Waals surface area contributed by atoms with Crippen molar-refractivity contribution in [3.63, 3.8) is 0 Å². The van der Waals surface area contributed by atoms with E-state index in [4.69, 9.17) is 5.26 Å². The minimum Gasteiger partial charge on any atom is -0.271 e. The van der Waals surface area contributed by atoms with Crippen molar-refractivity contribution >= 4 is 54.5 Å². The fraction of sp³-hybridized carbons (Fsp3) is 0.111. The number of amidine groups is 1. The minimum atomic E-state index is 0.570. The molecule has 6 heteroatoms. The lowest BCUT2D eigenvalue weighted by Crippen LogP contribution is -2.12. The van der Waals surface area contributed by atoms with Gasteiger partial charge in [-0.1, -0.05) is 27.7 Å². The van der Waals surface area contributed by atoms with Gasteiger partial charge in [0.2, 0.25) is 0 Å². The highest BCUT2D eigenvalue weighted by Crippen LogP contribution is 2.29. The summed E-state index contributed by atoms with van der Waals surface area (Å²) in [6, 6.07) is 5.67. The van der Waals surface area contributed by atoms with Gasteiger partial charge in [0.05, 0.1) is 5.69 Å². The Morgan fingerprint density at radius 2 is 2.27 bits per heavy atom. The van der Waals surface area contributed by atoms with Crippen LogP contribution in [0.2, 0.25) is 0 Å². The molecule has 0 atom stereocenters. The number of nitrogens with zero attached hydrogens (tertiary/aromatic N) is 2. The van der Waals surface area contributed by atoms with Gasteiger partial charge in [-0.15, -0.1) is 0 Å². The lowest BCUT2D eigenvalue weighted by molar-refractivity contribution is 1.28. The van der Waals surface area contributed by atoms with E-state index in [1.807, 2.05) is 30.6 Å². The van der Waals surface area contributed by atoms with Gasteiger partial charge in [0.1, 0.15) is 0 Å². The van der Waals surface area contributed by atoms with Crippen molar-refractivity contribution < 1.29 is 0 Å². The molecule has 0 unspecified atom stereocenters. The highest BCUT2D eigenvalue weighted by molar-refractivity contribution is 9.11. The van der Waals surface area contributed by atoms with Crippen LogP contribution in [0, 0.1) is 11.5 Å². The zero-order chi connectivity index (χ0) is 11.3. The van der Waals surface area contributed by atoms with Crippen LogP contribution in [0.15, 0.2) is 32.1 Å². The Labute approximate surface area is 109 Å². The largest absolute Gasteiger partial charge is 0.271 e. The third kappa shape index (κ3) is 3.86. The average molecular weight is 349 g/mol. The second-order valence-electron chi connectivity index (χ2n) is 2.45. The van der Waals surface area contributed by atoms with Crippen molar-refractivity contribution in [1.82, 2.24) is 5.32 Å². The number of benzene rings is 1. The molecule has 0 saturated heterocycles. The Morgan fingerprint density at radius 1 is 1.53 bits per heavy atom. The third-order valence-electron chi connectivity index (χ3n) is 1.49. The van der Waals surface area contributed by atoms with Crippen molar-refractivity contribution in [2.45, 2.75) is 0 Å². The summed E-state index contributed by atoms with van der Waals surface area (Å²) in [5.74, 6) is 0. The van der Waals surface area contributed by atoms with Gasteiger partial charge in [-0.3, -0.25) is 5.32 Å². The van der Waals surface area contributed by atoms with Gasteiger partial charge in [0.15, 0.2) is 11.4 Å². The van der Waals surface area contributed by atoms with Gasteiger partial charge in [0.25, 0.3) is 0 Å². The van der Waals surface area contributed by atoms with E-state index in [2.05, 4.69) is 42.2 Å². The first kappa shape index (κ1) is 12.6. The maximum Gasteiger partial charge on any atom is 0.183 e. The van der Waals surface area contributed by atoms with Gasteiger partial charge < -0.3 is 0 Å². The van der Waals surface area contributed by atoms with E-state index in [1.165, 1.54) is 11.8 Å². The molecule has 1 rings (SSSR count). The summed E-state index contributed by atoms with van der Waals surface area (Å²) in [5.41, 5.74) is 0.783. The second-order valence-corrected chi connectivity index (χ2v) is 5.02. The van der Waals surface area contributed by atoms with E-state index in [-0.39, 0.29) is 0 Å². The number of aliphatic imine (C=N–C) groups is 1. The molecule has 78 valence electrons. The molecule has 0 saturated carbocycles. The summed E-state index contributed by atoms with van der Waals surface area (Å²) in [6.07, 6.45) is 3.70.